The van der Waals surface area contributed by atoms with Gasteiger partial charge in [0.25, 0.3) is 5.91 Å². The molecule has 2 aliphatic rings. The number of aliphatic imine (C=N–C) groups is 1. The number of carbonyl (C=O) groups excluding carboxylic acids is 1. The second kappa shape index (κ2) is 6.07. The summed E-state index contributed by atoms with van der Waals surface area (Å²) in [6, 6.07) is 4.30. The topological polar surface area (TPSA) is 66.8 Å². The van der Waals surface area contributed by atoms with Crippen LogP contribution in [0.25, 0.3) is 0 Å². The van der Waals surface area contributed by atoms with Crippen molar-refractivity contribution in [1.29, 1.82) is 0 Å². The van der Waals surface area contributed by atoms with Crippen LogP contribution in [0.3, 0.4) is 0 Å². The lowest BCUT2D eigenvalue weighted by Crippen LogP contribution is -2.37. The smallest absolute Gasteiger partial charge is 0.262 e. The van der Waals surface area contributed by atoms with E-state index in [-0.39, 0.29) is 34.5 Å². The maximum atomic E-state index is 13.9. The van der Waals surface area contributed by atoms with Crippen LogP contribution in [-0.2, 0) is 14.6 Å². The Morgan fingerprint density at radius 1 is 1.48 bits per heavy atom. The molecule has 9 heteroatoms. The Labute approximate surface area is 142 Å². The molecule has 2 fully saturated rings. The van der Waals surface area contributed by atoms with Crippen molar-refractivity contribution in [3.05, 3.63) is 29.6 Å². The van der Waals surface area contributed by atoms with Crippen LogP contribution in [0, 0.1) is 12.7 Å². The van der Waals surface area contributed by atoms with Crippen LogP contribution in [-0.4, -0.2) is 48.2 Å². The summed E-state index contributed by atoms with van der Waals surface area (Å²) in [6.45, 7) is 1.65. The van der Waals surface area contributed by atoms with E-state index >= 15 is 0 Å². The number of fused-ring (bicyclic) bond motifs is 1. The van der Waals surface area contributed by atoms with Gasteiger partial charge in [0.15, 0.2) is 15.0 Å². The second-order valence-corrected chi connectivity index (χ2v) is 9.15. The predicted octanol–water partition coefficient (Wildman–Crippen LogP) is 1.97. The lowest BCUT2D eigenvalue weighted by molar-refractivity contribution is -0.115. The molecule has 0 N–H and O–H groups in total. The molecule has 0 bridgehead atoms. The molecule has 0 saturated carbocycles. The molecule has 1 aromatic carbocycles. The Morgan fingerprint density at radius 3 is 2.87 bits per heavy atom. The molecule has 23 heavy (non-hydrogen) atoms. The first-order valence-electron chi connectivity index (χ1n) is 6.90. The van der Waals surface area contributed by atoms with Gasteiger partial charge >= 0.3 is 0 Å². The number of benzene rings is 1. The average molecular weight is 377 g/mol. The third-order valence-electron chi connectivity index (χ3n) is 3.83. The number of amidine groups is 1. The van der Waals surface area contributed by atoms with Crippen LogP contribution < -0.4 is 4.90 Å². The van der Waals surface area contributed by atoms with Crippen molar-refractivity contribution in [2.24, 2.45) is 4.99 Å². The van der Waals surface area contributed by atoms with Crippen LogP contribution in [0.5, 0.6) is 0 Å². The summed E-state index contributed by atoms with van der Waals surface area (Å²) < 4.78 is 37.7. The minimum Gasteiger partial charge on any atom is -0.315 e. The standard InChI is InChI=1S/C14H14ClFN2O3S2/c1-8-2-3-9(4-10(8)16)18-11-6-23(20,21)7-12(11)22-14(18)17-13(19)5-15/h2-4,11-12H,5-7H2,1H3/t11-,12-/m1/s1. The van der Waals surface area contributed by atoms with Crippen LogP contribution in [0.2, 0.25) is 0 Å². The summed E-state index contributed by atoms with van der Waals surface area (Å²) in [5.74, 6) is -1.15. The van der Waals surface area contributed by atoms with E-state index < -0.39 is 15.7 Å². The fourth-order valence-electron chi connectivity index (χ4n) is 2.73. The number of anilines is 1. The van der Waals surface area contributed by atoms with E-state index in [1.54, 1.807) is 24.0 Å². The highest BCUT2D eigenvalue weighted by molar-refractivity contribution is 8.16. The normalized spacial score (nSPS) is 27.4. The van der Waals surface area contributed by atoms with Crippen LogP contribution in [0.15, 0.2) is 23.2 Å². The van der Waals surface area contributed by atoms with E-state index in [2.05, 4.69) is 4.99 Å². The fourth-order valence-corrected chi connectivity index (χ4v) is 6.73. The van der Waals surface area contributed by atoms with E-state index in [9.17, 15) is 17.6 Å². The Morgan fingerprint density at radius 2 is 2.22 bits per heavy atom. The van der Waals surface area contributed by atoms with Gasteiger partial charge in [0, 0.05) is 10.9 Å². The van der Waals surface area contributed by atoms with Gasteiger partial charge in [-0.15, -0.1) is 11.6 Å². The van der Waals surface area contributed by atoms with Crippen molar-refractivity contribution in [1.82, 2.24) is 0 Å². The summed E-state index contributed by atoms with van der Waals surface area (Å²) in [5.41, 5.74) is 0.984. The highest BCUT2D eigenvalue weighted by atomic mass is 35.5. The Balaban J connectivity index is 2.04. The van der Waals surface area contributed by atoms with E-state index in [0.717, 1.165) is 0 Å². The van der Waals surface area contributed by atoms with Gasteiger partial charge in [-0.3, -0.25) is 4.79 Å². The van der Waals surface area contributed by atoms with Gasteiger partial charge in [0.05, 0.1) is 17.5 Å². The van der Waals surface area contributed by atoms with Gasteiger partial charge in [-0.05, 0) is 24.6 Å². The first-order chi connectivity index (χ1) is 10.8. The first-order valence-corrected chi connectivity index (χ1v) is 10.1. The lowest BCUT2D eigenvalue weighted by atomic mass is 10.1. The van der Waals surface area contributed by atoms with Crippen LogP contribution in [0.1, 0.15) is 5.56 Å². The highest BCUT2D eigenvalue weighted by Crippen LogP contribution is 2.41. The van der Waals surface area contributed by atoms with Crippen molar-refractivity contribution in [3.8, 4) is 0 Å². The zero-order chi connectivity index (χ0) is 16.8. The van der Waals surface area contributed by atoms with Crippen molar-refractivity contribution in [3.63, 3.8) is 0 Å². The van der Waals surface area contributed by atoms with Crippen molar-refractivity contribution in [2.75, 3.05) is 22.3 Å². The number of sulfone groups is 1. The number of halogens is 2. The lowest BCUT2D eigenvalue weighted by Gasteiger charge is -2.24. The van der Waals surface area contributed by atoms with Gasteiger partial charge in [-0.1, -0.05) is 17.8 Å². The Hall–Kier alpha value is -1.12. The number of hydrogen-bond donors (Lipinski definition) is 0. The molecule has 0 radical (unpaired) electrons. The summed E-state index contributed by atoms with van der Waals surface area (Å²) in [4.78, 5) is 17.2. The Kier molecular flexibility index (Phi) is 4.41. The largest absolute Gasteiger partial charge is 0.315 e. The SMILES string of the molecule is Cc1ccc(N2C(=NC(=O)CCl)S[C@@H]3CS(=O)(=O)C[C@H]32)cc1F. The zero-order valence-electron chi connectivity index (χ0n) is 12.2. The molecule has 0 aliphatic carbocycles. The number of amides is 1. The summed E-state index contributed by atoms with van der Waals surface area (Å²) in [5, 5.41) is 0.162. The summed E-state index contributed by atoms with van der Waals surface area (Å²) in [6.07, 6.45) is 0. The minimum atomic E-state index is -3.14. The van der Waals surface area contributed by atoms with Crippen molar-refractivity contribution in [2.45, 2.75) is 18.2 Å². The predicted molar refractivity (Wildman–Crippen MR) is 90.6 cm³/mol. The van der Waals surface area contributed by atoms with E-state index in [4.69, 9.17) is 11.6 Å². The molecule has 2 aliphatic heterocycles. The average Bonchev–Trinajstić information content (AvgIpc) is 2.93. The van der Waals surface area contributed by atoms with Crippen LogP contribution >= 0.6 is 23.4 Å². The number of carbonyl (C=O) groups is 1. The Bertz CT molecular complexity index is 797. The number of aryl methyl sites for hydroxylation is 1. The van der Waals surface area contributed by atoms with Crippen molar-refractivity contribution < 1.29 is 17.6 Å². The van der Waals surface area contributed by atoms with Crippen molar-refractivity contribution >= 4 is 50.0 Å². The van der Waals surface area contributed by atoms with Gasteiger partial charge in [-0.25, -0.2) is 12.8 Å². The summed E-state index contributed by atoms with van der Waals surface area (Å²) >= 11 is 6.73. The molecule has 0 aromatic heterocycles. The van der Waals surface area contributed by atoms with E-state index in [0.29, 0.717) is 16.4 Å². The second-order valence-electron chi connectivity index (χ2n) is 5.53. The number of thioether (sulfide) groups is 1. The first kappa shape index (κ1) is 16.7. The zero-order valence-corrected chi connectivity index (χ0v) is 14.6. The maximum absolute atomic E-state index is 13.9. The molecule has 2 atom stereocenters. The molecule has 5 nitrogen and oxygen atoms in total. The molecular weight excluding hydrogens is 363 g/mol. The number of nitrogens with zero attached hydrogens (tertiary/aromatic N) is 2. The molecular formula is C14H14ClFN2O3S2. The van der Waals surface area contributed by atoms with E-state index in [1.165, 1.54) is 17.8 Å². The van der Waals surface area contributed by atoms with Gasteiger partial charge in [-0.2, -0.15) is 4.99 Å². The molecule has 2 saturated heterocycles. The number of alkyl halides is 1. The highest BCUT2D eigenvalue weighted by Gasteiger charge is 2.49. The number of hydrogen-bond acceptors (Lipinski definition) is 4. The quantitative estimate of drug-likeness (QED) is 0.738. The molecule has 124 valence electrons. The van der Waals surface area contributed by atoms with Gasteiger partial charge in [0.1, 0.15) is 11.7 Å². The monoisotopic (exact) mass is 376 g/mol. The van der Waals surface area contributed by atoms with E-state index in [1.807, 2.05) is 0 Å². The van der Waals surface area contributed by atoms with Gasteiger partial charge in [0.2, 0.25) is 0 Å². The molecule has 2 heterocycles. The molecule has 0 unspecified atom stereocenters. The molecule has 1 aromatic rings. The maximum Gasteiger partial charge on any atom is 0.262 e. The summed E-state index contributed by atoms with van der Waals surface area (Å²) in [7, 11) is -3.14. The molecule has 0 spiro atoms. The minimum absolute atomic E-state index is 0.0290. The molecule has 3 rings (SSSR count). The number of rotatable bonds is 2. The van der Waals surface area contributed by atoms with Crippen LogP contribution in [0.4, 0.5) is 10.1 Å². The van der Waals surface area contributed by atoms with Gasteiger partial charge < -0.3 is 4.90 Å². The molecule has 1 amide bonds. The third-order valence-corrected chi connectivity index (χ3v) is 7.27. The fraction of sp³-hybridized carbons (Fsp3) is 0.429. The third kappa shape index (κ3) is 3.25.